The predicted molar refractivity (Wildman–Crippen MR) is 91.3 cm³/mol. The van der Waals surface area contributed by atoms with Crippen LogP contribution >= 0.6 is 12.4 Å². The smallest absolute Gasteiger partial charge is 0.241 e. The molecule has 1 unspecified atom stereocenters. The van der Waals surface area contributed by atoms with Gasteiger partial charge in [0.1, 0.15) is 0 Å². The van der Waals surface area contributed by atoms with E-state index >= 15 is 0 Å². The zero-order valence-corrected chi connectivity index (χ0v) is 14.1. The zero-order valence-electron chi connectivity index (χ0n) is 13.3. The second kappa shape index (κ2) is 8.40. The van der Waals surface area contributed by atoms with Crippen molar-refractivity contribution in [2.75, 3.05) is 18.4 Å². The Hall–Kier alpha value is -1.06. The summed E-state index contributed by atoms with van der Waals surface area (Å²) in [7, 11) is 0. The lowest BCUT2D eigenvalue weighted by molar-refractivity contribution is -0.120. The minimum absolute atomic E-state index is 0. The van der Waals surface area contributed by atoms with Crippen molar-refractivity contribution in [3.63, 3.8) is 0 Å². The van der Waals surface area contributed by atoms with E-state index in [1.807, 2.05) is 39.0 Å². The molecule has 0 bridgehead atoms. The standard InChI is InChI=1S/C17H26N2O.ClH/c1-13-9-8-10-14(2)16(13)18-17(20)15(3)19-11-6-4-5-7-12-19;/h8-10,15H,4-7,11-12H2,1-3H3,(H,18,20);1H. The molecule has 1 N–H and O–H groups in total. The Balaban J connectivity index is 0.00000220. The van der Waals surface area contributed by atoms with Crippen molar-refractivity contribution >= 4 is 24.0 Å². The fraction of sp³-hybridized carbons (Fsp3) is 0.588. The molecule has 1 aliphatic rings. The summed E-state index contributed by atoms with van der Waals surface area (Å²) in [4.78, 5) is 14.8. The van der Waals surface area contributed by atoms with Crippen LogP contribution in [0.15, 0.2) is 18.2 Å². The number of likely N-dealkylation sites (tertiary alicyclic amines) is 1. The number of rotatable bonds is 3. The molecular weight excluding hydrogens is 284 g/mol. The largest absolute Gasteiger partial charge is 0.324 e. The first-order valence-electron chi connectivity index (χ1n) is 7.70. The quantitative estimate of drug-likeness (QED) is 0.917. The van der Waals surface area contributed by atoms with E-state index in [1.54, 1.807) is 0 Å². The van der Waals surface area contributed by atoms with E-state index in [9.17, 15) is 4.79 Å². The summed E-state index contributed by atoms with van der Waals surface area (Å²) in [5.41, 5.74) is 3.22. The molecule has 1 heterocycles. The molecule has 0 spiro atoms. The molecule has 2 rings (SSSR count). The van der Waals surface area contributed by atoms with E-state index < -0.39 is 0 Å². The molecule has 0 radical (unpaired) electrons. The van der Waals surface area contributed by atoms with Gasteiger partial charge in [0.2, 0.25) is 5.91 Å². The lowest BCUT2D eigenvalue weighted by Crippen LogP contribution is -2.42. The second-order valence-electron chi connectivity index (χ2n) is 5.88. The number of hydrogen-bond acceptors (Lipinski definition) is 2. The Morgan fingerprint density at radius 2 is 1.62 bits per heavy atom. The van der Waals surface area contributed by atoms with Crippen LogP contribution in [0.25, 0.3) is 0 Å². The van der Waals surface area contributed by atoms with Gasteiger partial charge in [-0.3, -0.25) is 9.69 Å². The number of carbonyl (C=O) groups is 1. The number of anilines is 1. The van der Waals surface area contributed by atoms with Gasteiger partial charge in [-0.15, -0.1) is 12.4 Å². The van der Waals surface area contributed by atoms with Crippen molar-refractivity contribution in [1.82, 2.24) is 4.90 Å². The average Bonchev–Trinajstić information content (AvgIpc) is 2.71. The topological polar surface area (TPSA) is 32.3 Å². The molecule has 1 aliphatic heterocycles. The van der Waals surface area contributed by atoms with E-state index in [4.69, 9.17) is 0 Å². The zero-order chi connectivity index (χ0) is 14.5. The summed E-state index contributed by atoms with van der Waals surface area (Å²) in [5, 5.41) is 3.12. The fourth-order valence-corrected chi connectivity index (χ4v) is 2.89. The maximum atomic E-state index is 12.5. The molecule has 0 aromatic heterocycles. The third kappa shape index (κ3) is 4.72. The van der Waals surface area contributed by atoms with Gasteiger partial charge >= 0.3 is 0 Å². The SMILES string of the molecule is Cc1cccc(C)c1NC(=O)C(C)N1CCCCCC1.Cl. The third-order valence-corrected chi connectivity index (χ3v) is 4.30. The number of benzene rings is 1. The van der Waals surface area contributed by atoms with Crippen LogP contribution in [0.2, 0.25) is 0 Å². The van der Waals surface area contributed by atoms with Gasteiger partial charge in [-0.1, -0.05) is 31.0 Å². The molecule has 1 fully saturated rings. The average molecular weight is 311 g/mol. The molecule has 3 nitrogen and oxygen atoms in total. The van der Waals surface area contributed by atoms with Crippen LogP contribution in [-0.2, 0) is 4.79 Å². The summed E-state index contributed by atoms with van der Waals surface area (Å²) in [6.45, 7) is 8.19. The number of nitrogens with zero attached hydrogens (tertiary/aromatic N) is 1. The van der Waals surface area contributed by atoms with Crippen molar-refractivity contribution in [1.29, 1.82) is 0 Å². The summed E-state index contributed by atoms with van der Waals surface area (Å²) >= 11 is 0. The number of nitrogens with one attached hydrogen (secondary N) is 1. The third-order valence-electron chi connectivity index (χ3n) is 4.30. The highest BCUT2D eigenvalue weighted by atomic mass is 35.5. The molecular formula is C17H27ClN2O. The Labute approximate surface area is 134 Å². The summed E-state index contributed by atoms with van der Waals surface area (Å²) < 4.78 is 0. The maximum Gasteiger partial charge on any atom is 0.241 e. The van der Waals surface area contributed by atoms with Crippen LogP contribution in [0.3, 0.4) is 0 Å². The molecule has 0 aliphatic carbocycles. The minimum atomic E-state index is -0.0490. The van der Waals surface area contributed by atoms with Gasteiger partial charge in [0.25, 0.3) is 0 Å². The Kier molecular flexibility index (Phi) is 7.20. The highest BCUT2D eigenvalue weighted by Gasteiger charge is 2.22. The molecule has 1 saturated heterocycles. The number of hydrogen-bond donors (Lipinski definition) is 1. The number of para-hydroxylation sites is 1. The highest BCUT2D eigenvalue weighted by molar-refractivity contribution is 5.95. The lowest BCUT2D eigenvalue weighted by atomic mass is 10.1. The monoisotopic (exact) mass is 310 g/mol. The summed E-state index contributed by atoms with van der Waals surface area (Å²) in [5.74, 6) is 0.115. The Morgan fingerprint density at radius 1 is 1.10 bits per heavy atom. The van der Waals surface area contributed by atoms with Crippen molar-refractivity contribution in [3.8, 4) is 0 Å². The lowest BCUT2D eigenvalue weighted by Gasteiger charge is -2.27. The first kappa shape index (κ1) is 18.0. The van der Waals surface area contributed by atoms with Crippen molar-refractivity contribution < 1.29 is 4.79 Å². The van der Waals surface area contributed by atoms with Gasteiger partial charge in [0.05, 0.1) is 6.04 Å². The van der Waals surface area contributed by atoms with E-state index in [0.29, 0.717) is 0 Å². The van der Waals surface area contributed by atoms with Crippen LogP contribution in [0, 0.1) is 13.8 Å². The fourth-order valence-electron chi connectivity index (χ4n) is 2.89. The molecule has 118 valence electrons. The highest BCUT2D eigenvalue weighted by Crippen LogP contribution is 2.20. The van der Waals surface area contributed by atoms with Gasteiger partial charge < -0.3 is 5.32 Å². The molecule has 1 aromatic rings. The van der Waals surface area contributed by atoms with Crippen LogP contribution in [0.1, 0.15) is 43.7 Å². The maximum absolute atomic E-state index is 12.5. The molecule has 1 aromatic carbocycles. The summed E-state index contributed by atoms with van der Waals surface area (Å²) in [6, 6.07) is 6.06. The normalized spacial score (nSPS) is 17.5. The van der Waals surface area contributed by atoms with Crippen LogP contribution < -0.4 is 5.32 Å². The van der Waals surface area contributed by atoms with Gasteiger partial charge in [0.15, 0.2) is 0 Å². The first-order valence-corrected chi connectivity index (χ1v) is 7.70. The van der Waals surface area contributed by atoms with E-state index in [2.05, 4.69) is 10.2 Å². The second-order valence-corrected chi connectivity index (χ2v) is 5.88. The van der Waals surface area contributed by atoms with Crippen molar-refractivity contribution in [2.24, 2.45) is 0 Å². The molecule has 0 saturated carbocycles. The van der Waals surface area contributed by atoms with Crippen LogP contribution in [0.5, 0.6) is 0 Å². The van der Waals surface area contributed by atoms with Crippen LogP contribution in [-0.4, -0.2) is 29.9 Å². The minimum Gasteiger partial charge on any atom is -0.324 e. The molecule has 21 heavy (non-hydrogen) atoms. The van der Waals surface area contributed by atoms with E-state index in [0.717, 1.165) is 29.9 Å². The Bertz CT molecular complexity index is 448. The predicted octanol–water partition coefficient (Wildman–Crippen LogP) is 3.93. The number of halogens is 1. The first-order chi connectivity index (χ1) is 9.59. The van der Waals surface area contributed by atoms with Gasteiger partial charge in [-0.25, -0.2) is 0 Å². The number of carbonyl (C=O) groups excluding carboxylic acids is 1. The van der Waals surface area contributed by atoms with Crippen molar-refractivity contribution in [2.45, 2.75) is 52.5 Å². The van der Waals surface area contributed by atoms with Gasteiger partial charge in [0, 0.05) is 5.69 Å². The van der Waals surface area contributed by atoms with Crippen molar-refractivity contribution in [3.05, 3.63) is 29.3 Å². The molecule has 1 amide bonds. The van der Waals surface area contributed by atoms with Gasteiger partial charge in [-0.05, 0) is 57.8 Å². The van der Waals surface area contributed by atoms with Crippen LogP contribution in [0.4, 0.5) is 5.69 Å². The van der Waals surface area contributed by atoms with Gasteiger partial charge in [-0.2, -0.15) is 0 Å². The van der Waals surface area contributed by atoms with E-state index in [1.165, 1.54) is 25.7 Å². The number of aryl methyl sites for hydroxylation is 2. The number of amides is 1. The molecule has 4 heteroatoms. The molecule has 1 atom stereocenters. The van der Waals surface area contributed by atoms with E-state index in [-0.39, 0.29) is 24.4 Å². The Morgan fingerprint density at radius 3 is 2.14 bits per heavy atom. The summed E-state index contributed by atoms with van der Waals surface area (Å²) in [6.07, 6.45) is 5.01.